The summed E-state index contributed by atoms with van der Waals surface area (Å²) in [5.41, 5.74) is 12.5. The van der Waals surface area contributed by atoms with Crippen LogP contribution in [-0.2, 0) is 0 Å². The minimum Gasteiger partial charge on any atom is -0.378 e. The molecule has 0 atom stereocenters. The number of hydrogen-bond donors (Lipinski definition) is 0. The summed E-state index contributed by atoms with van der Waals surface area (Å²) < 4.78 is 0. The summed E-state index contributed by atoms with van der Waals surface area (Å²) in [5.74, 6) is 0. The lowest BCUT2D eigenvalue weighted by Gasteiger charge is -2.16. The normalized spacial score (nSPS) is 12.2. The molecule has 1 aromatic heterocycles. The maximum absolute atomic E-state index is 4.96. The maximum atomic E-state index is 4.96. The number of aliphatic imine (C=N–C) groups is 2. The molecule has 0 saturated carbocycles. The van der Waals surface area contributed by atoms with Gasteiger partial charge < -0.3 is 9.80 Å². The molecule has 3 rings (SSSR count). The molecule has 178 valence electrons. The van der Waals surface area contributed by atoms with Crippen molar-refractivity contribution in [2.24, 2.45) is 9.98 Å². The summed E-state index contributed by atoms with van der Waals surface area (Å²) in [5, 5.41) is 0. The molecule has 1 heterocycles. The third-order valence-electron chi connectivity index (χ3n) is 6.03. The Balaban J connectivity index is 1.97. The van der Waals surface area contributed by atoms with E-state index in [2.05, 4.69) is 90.0 Å². The van der Waals surface area contributed by atoms with E-state index >= 15 is 0 Å². The number of aryl methyl sites for hydroxylation is 4. The van der Waals surface area contributed by atoms with Gasteiger partial charge in [-0.15, -0.1) is 0 Å². The molecule has 3 aromatic rings. The van der Waals surface area contributed by atoms with Crippen LogP contribution in [0.5, 0.6) is 0 Å². The fraction of sp³-hybridized carbons (Fsp3) is 0.345. The van der Waals surface area contributed by atoms with Gasteiger partial charge in [-0.1, -0.05) is 6.07 Å². The lowest BCUT2D eigenvalue weighted by Crippen LogP contribution is -2.09. The standard InChI is InChI=1S/C29H37N5/c1-18-14-24(33(7)8)15-19(2)28(18)30-22(5)26-12-11-13-27(32-26)23(6)31-29-20(3)16-25(34(9)10)17-21(29)4/h11-17H,1-10H3. The monoisotopic (exact) mass is 455 g/mol. The Morgan fingerprint density at radius 2 is 0.941 bits per heavy atom. The van der Waals surface area contributed by atoms with Gasteiger partial charge in [-0.25, -0.2) is 4.98 Å². The molecule has 0 saturated heterocycles. The van der Waals surface area contributed by atoms with Crippen molar-refractivity contribution in [3.63, 3.8) is 0 Å². The predicted octanol–water partition coefficient (Wildman–Crippen LogP) is 6.73. The van der Waals surface area contributed by atoms with Gasteiger partial charge in [-0.05, 0) is 100 Å². The van der Waals surface area contributed by atoms with Crippen LogP contribution in [-0.4, -0.2) is 44.6 Å². The highest BCUT2D eigenvalue weighted by molar-refractivity contribution is 6.02. The Morgan fingerprint density at radius 3 is 1.24 bits per heavy atom. The summed E-state index contributed by atoms with van der Waals surface area (Å²) in [6, 6.07) is 14.7. The first-order valence-electron chi connectivity index (χ1n) is 11.6. The number of anilines is 2. The van der Waals surface area contributed by atoms with Gasteiger partial charge in [0.15, 0.2) is 0 Å². The molecule has 0 unspecified atom stereocenters. The van der Waals surface area contributed by atoms with Gasteiger partial charge >= 0.3 is 0 Å². The van der Waals surface area contributed by atoms with Gasteiger partial charge in [0.2, 0.25) is 0 Å². The third kappa shape index (κ3) is 5.53. The Morgan fingerprint density at radius 1 is 0.618 bits per heavy atom. The van der Waals surface area contributed by atoms with Gasteiger partial charge in [-0.2, -0.15) is 0 Å². The second-order valence-corrected chi connectivity index (χ2v) is 9.45. The number of hydrogen-bond acceptors (Lipinski definition) is 5. The van der Waals surface area contributed by atoms with Gasteiger partial charge in [0, 0.05) is 39.6 Å². The van der Waals surface area contributed by atoms with Crippen LogP contribution in [0.15, 0.2) is 52.4 Å². The van der Waals surface area contributed by atoms with Crippen molar-refractivity contribution in [3.05, 3.63) is 76.1 Å². The van der Waals surface area contributed by atoms with Crippen LogP contribution in [0.4, 0.5) is 22.7 Å². The van der Waals surface area contributed by atoms with Crippen molar-refractivity contribution in [1.82, 2.24) is 4.98 Å². The summed E-state index contributed by atoms with van der Waals surface area (Å²) in [4.78, 5) is 19.0. The lowest BCUT2D eigenvalue weighted by molar-refractivity contribution is 1.12. The largest absolute Gasteiger partial charge is 0.378 e. The van der Waals surface area contributed by atoms with Crippen LogP contribution in [0.3, 0.4) is 0 Å². The first-order chi connectivity index (χ1) is 16.0. The molecule has 0 radical (unpaired) electrons. The molecule has 0 aliphatic rings. The van der Waals surface area contributed by atoms with Crippen LogP contribution < -0.4 is 9.80 Å². The first kappa shape index (κ1) is 25.2. The highest BCUT2D eigenvalue weighted by atomic mass is 15.1. The summed E-state index contributed by atoms with van der Waals surface area (Å²) in [6.45, 7) is 12.5. The zero-order chi connectivity index (χ0) is 25.2. The summed E-state index contributed by atoms with van der Waals surface area (Å²) in [6.07, 6.45) is 0. The molecular formula is C29H37N5. The van der Waals surface area contributed by atoms with Crippen molar-refractivity contribution in [2.45, 2.75) is 41.5 Å². The van der Waals surface area contributed by atoms with E-state index in [1.807, 2.05) is 32.0 Å². The molecule has 0 aliphatic carbocycles. The molecular weight excluding hydrogens is 418 g/mol. The average molecular weight is 456 g/mol. The van der Waals surface area contributed by atoms with E-state index in [9.17, 15) is 0 Å². The number of nitrogens with zero attached hydrogens (tertiary/aromatic N) is 5. The second-order valence-electron chi connectivity index (χ2n) is 9.45. The van der Waals surface area contributed by atoms with Crippen LogP contribution in [0.1, 0.15) is 47.5 Å². The first-order valence-corrected chi connectivity index (χ1v) is 11.6. The lowest BCUT2D eigenvalue weighted by atomic mass is 10.1. The van der Waals surface area contributed by atoms with Gasteiger partial charge in [0.1, 0.15) is 0 Å². The molecule has 34 heavy (non-hydrogen) atoms. The summed E-state index contributed by atoms with van der Waals surface area (Å²) >= 11 is 0. The van der Waals surface area contributed by atoms with Gasteiger partial charge in [0.05, 0.1) is 34.2 Å². The van der Waals surface area contributed by atoms with Crippen molar-refractivity contribution in [3.8, 4) is 0 Å². The van der Waals surface area contributed by atoms with E-state index in [0.29, 0.717) is 0 Å². The maximum Gasteiger partial charge on any atom is 0.0849 e. The van der Waals surface area contributed by atoms with E-state index in [1.54, 1.807) is 0 Å². The zero-order valence-electron chi connectivity index (χ0n) is 22.3. The number of aromatic nitrogens is 1. The molecule has 0 spiro atoms. The predicted molar refractivity (Wildman–Crippen MR) is 148 cm³/mol. The SMILES string of the molecule is CC(=Nc1c(C)cc(N(C)C)cc1C)c1cccc(C(C)=Nc2c(C)cc(N(C)C)cc2C)n1. The van der Waals surface area contributed by atoms with E-state index in [1.165, 1.54) is 11.4 Å². The molecule has 0 amide bonds. The highest BCUT2D eigenvalue weighted by Gasteiger charge is 2.11. The Bertz CT molecular complexity index is 1120. The highest BCUT2D eigenvalue weighted by Crippen LogP contribution is 2.30. The number of pyridine rings is 1. The van der Waals surface area contributed by atoms with E-state index in [-0.39, 0.29) is 0 Å². The molecule has 5 nitrogen and oxygen atoms in total. The quantitative estimate of drug-likeness (QED) is 0.387. The molecule has 0 N–H and O–H groups in total. The summed E-state index contributed by atoms with van der Waals surface area (Å²) in [7, 11) is 8.23. The zero-order valence-corrected chi connectivity index (χ0v) is 22.3. The molecule has 5 heteroatoms. The minimum absolute atomic E-state index is 0.860. The second kappa shape index (κ2) is 10.2. The van der Waals surface area contributed by atoms with E-state index < -0.39 is 0 Å². The van der Waals surface area contributed by atoms with Crippen LogP contribution in [0.2, 0.25) is 0 Å². The van der Waals surface area contributed by atoms with Crippen LogP contribution >= 0.6 is 0 Å². The third-order valence-corrected chi connectivity index (χ3v) is 6.03. The van der Waals surface area contributed by atoms with Crippen molar-refractivity contribution >= 4 is 34.2 Å². The fourth-order valence-corrected chi connectivity index (χ4v) is 4.02. The fourth-order valence-electron chi connectivity index (χ4n) is 4.02. The molecule has 0 bridgehead atoms. The van der Waals surface area contributed by atoms with Crippen LogP contribution in [0, 0.1) is 27.7 Å². The minimum atomic E-state index is 0.860. The van der Waals surface area contributed by atoms with Crippen molar-refractivity contribution < 1.29 is 0 Å². The topological polar surface area (TPSA) is 44.1 Å². The number of rotatable bonds is 6. The van der Waals surface area contributed by atoms with Gasteiger partial charge in [0.25, 0.3) is 0 Å². The van der Waals surface area contributed by atoms with Gasteiger partial charge in [-0.3, -0.25) is 9.98 Å². The van der Waals surface area contributed by atoms with E-state index in [4.69, 9.17) is 15.0 Å². The Kier molecular flexibility index (Phi) is 7.55. The van der Waals surface area contributed by atoms with E-state index in [0.717, 1.165) is 56.4 Å². The van der Waals surface area contributed by atoms with Crippen molar-refractivity contribution in [1.29, 1.82) is 0 Å². The molecule has 2 aromatic carbocycles. The Labute approximate surface area is 204 Å². The number of benzene rings is 2. The smallest absolute Gasteiger partial charge is 0.0849 e. The van der Waals surface area contributed by atoms with Crippen LogP contribution in [0.25, 0.3) is 0 Å². The average Bonchev–Trinajstić information content (AvgIpc) is 2.78. The Hall–Kier alpha value is -3.47. The van der Waals surface area contributed by atoms with Crippen molar-refractivity contribution in [2.75, 3.05) is 38.0 Å². The molecule has 0 aliphatic heterocycles. The molecule has 0 fully saturated rings.